The maximum absolute atomic E-state index is 5.37. The van der Waals surface area contributed by atoms with E-state index in [4.69, 9.17) is 5.73 Å². The largest absolute Gasteiger partial charge is 0.405 e. The molecule has 1 nitrogen and oxygen atoms in total. The monoisotopic (exact) mass is 409 g/mol. The van der Waals surface area contributed by atoms with Crippen LogP contribution in [0.2, 0.25) is 0 Å². The zero-order valence-corrected chi connectivity index (χ0v) is 20.4. The van der Waals surface area contributed by atoms with E-state index in [-0.39, 0.29) is 0 Å². The summed E-state index contributed by atoms with van der Waals surface area (Å²) in [5.74, 6) is 0.836. The van der Waals surface area contributed by atoms with Gasteiger partial charge < -0.3 is 5.73 Å². The van der Waals surface area contributed by atoms with Crippen molar-refractivity contribution in [2.75, 3.05) is 0 Å². The predicted molar refractivity (Wildman–Crippen MR) is 138 cm³/mol. The second kappa shape index (κ2) is 16.7. The molecule has 0 aromatic carbocycles. The zero-order valence-electron chi connectivity index (χ0n) is 20.4. The third-order valence-corrected chi connectivity index (χ3v) is 5.63. The highest BCUT2D eigenvalue weighted by Gasteiger charge is 2.21. The zero-order chi connectivity index (χ0) is 22.8. The molecular formula is C29H47N. The standard InChI is InChI=1S/C21H33N.C8H14/c1-5-9-18(10-6-7-17-22)13-14-19-11-8-12-20(16-15-19)21(2,3)4;1-4-7-8(5-2)6-3/h5-7,9-10,12,17,19H,1,8,11,13-16,22H2,2-4H3;5-6H,2,4,7H2,1,3H3/b10-6-,17-7+,18-9+;8-6-. The first-order valence-electron chi connectivity index (χ1n) is 11.7. The maximum Gasteiger partial charge on any atom is -0.00624 e. The Bertz CT molecular complexity index is 632. The van der Waals surface area contributed by atoms with Crippen LogP contribution >= 0.6 is 0 Å². The lowest BCUT2D eigenvalue weighted by atomic mass is 9.83. The van der Waals surface area contributed by atoms with Crippen molar-refractivity contribution >= 4 is 0 Å². The van der Waals surface area contributed by atoms with E-state index in [1.54, 1.807) is 11.8 Å². The van der Waals surface area contributed by atoms with Gasteiger partial charge in [-0.15, -0.1) is 0 Å². The van der Waals surface area contributed by atoms with Crippen LogP contribution in [-0.2, 0) is 0 Å². The Kier molecular flexibility index (Phi) is 15.6. The molecule has 0 radical (unpaired) electrons. The van der Waals surface area contributed by atoms with Gasteiger partial charge in [-0.3, -0.25) is 0 Å². The third-order valence-electron chi connectivity index (χ3n) is 5.63. The van der Waals surface area contributed by atoms with Crippen LogP contribution in [0.5, 0.6) is 0 Å². The van der Waals surface area contributed by atoms with E-state index in [1.807, 2.05) is 31.2 Å². The number of hydrogen-bond donors (Lipinski definition) is 1. The molecule has 0 amide bonds. The van der Waals surface area contributed by atoms with Crippen molar-refractivity contribution in [1.29, 1.82) is 0 Å². The molecule has 168 valence electrons. The normalized spacial score (nSPS) is 18.6. The molecule has 0 saturated heterocycles. The molecule has 0 aromatic rings. The second-order valence-electron chi connectivity index (χ2n) is 9.04. The van der Waals surface area contributed by atoms with Crippen molar-refractivity contribution in [2.24, 2.45) is 17.1 Å². The fraction of sp³-hybridized carbons (Fsp3) is 0.517. The molecule has 1 aliphatic rings. The first-order chi connectivity index (χ1) is 14.3. The van der Waals surface area contributed by atoms with Gasteiger partial charge in [-0.2, -0.15) is 0 Å². The first-order valence-corrected chi connectivity index (χ1v) is 11.7. The maximum atomic E-state index is 5.37. The Morgan fingerprint density at radius 2 is 1.87 bits per heavy atom. The van der Waals surface area contributed by atoms with Crippen molar-refractivity contribution in [2.45, 2.75) is 86.0 Å². The average molecular weight is 410 g/mol. The van der Waals surface area contributed by atoms with Gasteiger partial charge in [-0.25, -0.2) is 0 Å². The summed E-state index contributed by atoms with van der Waals surface area (Å²) in [7, 11) is 0. The fourth-order valence-corrected chi connectivity index (χ4v) is 3.71. The molecule has 0 aromatic heterocycles. The van der Waals surface area contributed by atoms with Gasteiger partial charge in [0.1, 0.15) is 0 Å². The van der Waals surface area contributed by atoms with Crippen LogP contribution < -0.4 is 5.73 Å². The lowest BCUT2D eigenvalue weighted by Crippen LogP contribution is -2.09. The van der Waals surface area contributed by atoms with E-state index >= 15 is 0 Å². The Labute approximate surface area is 187 Å². The summed E-state index contributed by atoms with van der Waals surface area (Å²) in [4.78, 5) is 0. The van der Waals surface area contributed by atoms with Crippen LogP contribution in [0.15, 0.2) is 84.7 Å². The Hall–Kier alpha value is -2.02. The lowest BCUT2D eigenvalue weighted by Gasteiger charge is -2.23. The summed E-state index contributed by atoms with van der Waals surface area (Å²) in [6, 6.07) is 0. The SMILES string of the molecule is C=C/C(=C/C)CCC.C=C\C=C(/C=C\C=C\N)CCC1CCC=C(C(C)(C)C)CC1. The Morgan fingerprint density at radius 1 is 1.13 bits per heavy atom. The molecule has 0 heterocycles. The molecule has 2 N–H and O–H groups in total. The lowest BCUT2D eigenvalue weighted by molar-refractivity contribution is 0.414. The van der Waals surface area contributed by atoms with Crippen molar-refractivity contribution in [3.05, 3.63) is 84.7 Å². The van der Waals surface area contributed by atoms with Crippen LogP contribution in [0.4, 0.5) is 0 Å². The van der Waals surface area contributed by atoms with Crippen LogP contribution in [0.1, 0.15) is 86.0 Å². The molecule has 1 unspecified atom stereocenters. The molecule has 30 heavy (non-hydrogen) atoms. The Balaban J connectivity index is 0.000000890. The number of allylic oxidation sites excluding steroid dienone is 11. The van der Waals surface area contributed by atoms with E-state index in [9.17, 15) is 0 Å². The molecule has 1 aliphatic carbocycles. The van der Waals surface area contributed by atoms with E-state index in [0.717, 1.165) is 12.3 Å². The molecule has 0 aliphatic heterocycles. The smallest absolute Gasteiger partial charge is 0.00624 e. The molecule has 0 bridgehead atoms. The summed E-state index contributed by atoms with van der Waals surface area (Å²) >= 11 is 0. The number of nitrogens with two attached hydrogens (primary N) is 1. The first kappa shape index (κ1) is 28.0. The molecule has 0 saturated carbocycles. The van der Waals surface area contributed by atoms with Gasteiger partial charge in [0.05, 0.1) is 0 Å². The van der Waals surface area contributed by atoms with E-state index in [2.05, 4.69) is 65.2 Å². The summed E-state index contributed by atoms with van der Waals surface area (Å²) in [6.45, 7) is 18.7. The molecule has 1 rings (SSSR count). The molecule has 1 heteroatoms. The summed E-state index contributed by atoms with van der Waals surface area (Å²) in [6.07, 6.45) is 28.0. The minimum Gasteiger partial charge on any atom is -0.405 e. The van der Waals surface area contributed by atoms with Crippen LogP contribution in [-0.4, -0.2) is 0 Å². The van der Waals surface area contributed by atoms with E-state index in [1.165, 1.54) is 56.1 Å². The molecule has 1 atom stereocenters. The summed E-state index contributed by atoms with van der Waals surface area (Å²) < 4.78 is 0. The molecular weight excluding hydrogens is 362 g/mol. The highest BCUT2D eigenvalue weighted by Crippen LogP contribution is 2.35. The van der Waals surface area contributed by atoms with Gasteiger partial charge in [0, 0.05) is 0 Å². The topological polar surface area (TPSA) is 26.0 Å². The van der Waals surface area contributed by atoms with Crippen molar-refractivity contribution in [1.82, 2.24) is 0 Å². The van der Waals surface area contributed by atoms with E-state index in [0.29, 0.717) is 5.41 Å². The van der Waals surface area contributed by atoms with Crippen LogP contribution in [0, 0.1) is 11.3 Å². The quantitative estimate of drug-likeness (QED) is 0.298. The van der Waals surface area contributed by atoms with E-state index < -0.39 is 0 Å². The molecule has 0 spiro atoms. The van der Waals surface area contributed by atoms with Crippen molar-refractivity contribution in [3.63, 3.8) is 0 Å². The minimum atomic E-state index is 0.333. The fourth-order valence-electron chi connectivity index (χ4n) is 3.71. The third kappa shape index (κ3) is 13.2. The average Bonchev–Trinajstić information content (AvgIpc) is 2.96. The summed E-state index contributed by atoms with van der Waals surface area (Å²) in [5.41, 5.74) is 10.0. The van der Waals surface area contributed by atoms with Gasteiger partial charge in [0.2, 0.25) is 0 Å². The minimum absolute atomic E-state index is 0.333. The van der Waals surface area contributed by atoms with Crippen molar-refractivity contribution < 1.29 is 0 Å². The van der Waals surface area contributed by atoms with Crippen LogP contribution in [0.25, 0.3) is 0 Å². The highest BCUT2D eigenvalue weighted by atomic mass is 14.5. The van der Waals surface area contributed by atoms with Gasteiger partial charge in [0.15, 0.2) is 0 Å². The van der Waals surface area contributed by atoms with Gasteiger partial charge >= 0.3 is 0 Å². The number of hydrogen-bond acceptors (Lipinski definition) is 1. The van der Waals surface area contributed by atoms with Gasteiger partial charge in [0.25, 0.3) is 0 Å². The van der Waals surface area contributed by atoms with Crippen molar-refractivity contribution in [3.8, 4) is 0 Å². The predicted octanol–water partition coefficient (Wildman–Crippen LogP) is 8.99. The van der Waals surface area contributed by atoms with Gasteiger partial charge in [-0.1, -0.05) is 101 Å². The Morgan fingerprint density at radius 3 is 2.37 bits per heavy atom. The summed E-state index contributed by atoms with van der Waals surface area (Å²) in [5, 5.41) is 0. The van der Waals surface area contributed by atoms with Gasteiger partial charge in [-0.05, 0) is 81.1 Å². The molecule has 0 fully saturated rings. The highest BCUT2D eigenvalue weighted by molar-refractivity contribution is 5.25. The second-order valence-corrected chi connectivity index (χ2v) is 9.04. The van der Waals surface area contributed by atoms with Crippen LogP contribution in [0.3, 0.4) is 0 Å². The number of rotatable bonds is 9.